The van der Waals surface area contributed by atoms with Crippen LogP contribution in [0.25, 0.3) is 0 Å². The van der Waals surface area contributed by atoms with Crippen molar-refractivity contribution in [1.82, 2.24) is 0 Å². The molecule has 3 nitrogen and oxygen atoms in total. The fraction of sp³-hybridized carbons (Fsp3) is 1.00. The first-order chi connectivity index (χ1) is 5.04. The van der Waals surface area contributed by atoms with E-state index < -0.39 is 0 Å². The van der Waals surface area contributed by atoms with E-state index in [2.05, 4.69) is 0 Å². The molecule has 0 spiro atoms. The van der Waals surface area contributed by atoms with E-state index in [1.165, 1.54) is 0 Å². The van der Waals surface area contributed by atoms with Crippen molar-refractivity contribution < 1.29 is 17.7 Å². The predicted octanol–water partition coefficient (Wildman–Crippen LogP) is 1.59. The first kappa shape index (κ1) is 18.4. The SMILES string of the molecule is CC(C)OOC(C)C.CCO.[H-].[H-].[Mg+2]. The molecule has 4 heteroatoms. The Morgan fingerprint density at radius 2 is 1.25 bits per heavy atom. The second kappa shape index (κ2) is 14.2. The summed E-state index contributed by atoms with van der Waals surface area (Å²) in [6.45, 7) is 9.66. The average Bonchev–Trinajstić information content (AvgIpc) is 1.85. The molecule has 0 rings (SSSR count). The summed E-state index contributed by atoms with van der Waals surface area (Å²) in [6, 6.07) is 0. The second-order valence-corrected chi connectivity index (χ2v) is 2.61. The first-order valence-electron chi connectivity index (χ1n) is 3.97. The summed E-state index contributed by atoms with van der Waals surface area (Å²) in [5, 5.41) is 7.57. The van der Waals surface area contributed by atoms with Gasteiger partial charge in [-0.15, -0.1) is 0 Å². The molecule has 0 saturated carbocycles. The van der Waals surface area contributed by atoms with E-state index >= 15 is 0 Å². The third-order valence-corrected chi connectivity index (χ3v) is 0.440. The van der Waals surface area contributed by atoms with Crippen LogP contribution in [0.2, 0.25) is 0 Å². The summed E-state index contributed by atoms with van der Waals surface area (Å²) in [6.07, 6.45) is 0.329. The second-order valence-electron chi connectivity index (χ2n) is 2.61. The van der Waals surface area contributed by atoms with E-state index in [4.69, 9.17) is 14.9 Å². The maximum absolute atomic E-state index is 7.57. The predicted molar refractivity (Wildman–Crippen MR) is 53.2 cm³/mol. The number of hydrogen-bond donors (Lipinski definition) is 1. The fourth-order valence-corrected chi connectivity index (χ4v) is 0.222. The van der Waals surface area contributed by atoms with Crippen LogP contribution in [0.4, 0.5) is 0 Å². The molecule has 0 fully saturated rings. The van der Waals surface area contributed by atoms with Gasteiger partial charge in [0.2, 0.25) is 0 Å². The minimum absolute atomic E-state index is 0. The van der Waals surface area contributed by atoms with Crippen LogP contribution in [0, 0.1) is 0 Å². The molecule has 0 aromatic rings. The summed E-state index contributed by atoms with van der Waals surface area (Å²) in [5.74, 6) is 0. The first-order valence-corrected chi connectivity index (χ1v) is 3.97. The van der Waals surface area contributed by atoms with E-state index in [0.29, 0.717) is 0 Å². The van der Waals surface area contributed by atoms with E-state index in [1.807, 2.05) is 27.7 Å². The Hall–Kier alpha value is 0.646. The third kappa shape index (κ3) is 31.1. The Kier molecular flexibility index (Phi) is 21.8. The Morgan fingerprint density at radius 3 is 1.33 bits per heavy atom. The van der Waals surface area contributed by atoms with Gasteiger partial charge in [-0.05, 0) is 34.6 Å². The molecule has 0 aromatic carbocycles. The number of rotatable bonds is 3. The van der Waals surface area contributed by atoms with Crippen LogP contribution < -0.4 is 0 Å². The Bertz CT molecular complexity index is 67.6. The summed E-state index contributed by atoms with van der Waals surface area (Å²) in [5.41, 5.74) is 0. The van der Waals surface area contributed by atoms with Gasteiger partial charge >= 0.3 is 23.1 Å². The van der Waals surface area contributed by atoms with Gasteiger partial charge in [-0.2, -0.15) is 0 Å². The summed E-state index contributed by atoms with van der Waals surface area (Å²) < 4.78 is 0. The maximum Gasteiger partial charge on any atom is 2.00 e. The van der Waals surface area contributed by atoms with Gasteiger partial charge in [0.1, 0.15) is 0 Å². The number of aliphatic hydroxyl groups excluding tert-OH is 1. The summed E-state index contributed by atoms with van der Waals surface area (Å²) >= 11 is 0. The van der Waals surface area contributed by atoms with Gasteiger partial charge in [-0.3, -0.25) is 0 Å². The zero-order chi connectivity index (χ0) is 9.28. The van der Waals surface area contributed by atoms with Gasteiger partial charge in [0, 0.05) is 6.61 Å². The molecule has 0 aliphatic carbocycles. The zero-order valence-electron chi connectivity index (χ0n) is 10.8. The van der Waals surface area contributed by atoms with Crippen molar-refractivity contribution in [3.8, 4) is 0 Å². The minimum atomic E-state index is 0. The van der Waals surface area contributed by atoms with E-state index in [0.717, 1.165) is 0 Å². The molecule has 0 radical (unpaired) electrons. The van der Waals surface area contributed by atoms with Gasteiger partial charge < -0.3 is 7.96 Å². The van der Waals surface area contributed by atoms with Gasteiger partial charge in [0.25, 0.3) is 0 Å². The average molecular weight is 191 g/mol. The van der Waals surface area contributed by atoms with Gasteiger partial charge in [0.15, 0.2) is 0 Å². The fourth-order valence-electron chi connectivity index (χ4n) is 0.222. The van der Waals surface area contributed by atoms with Crippen LogP contribution in [-0.2, 0) is 9.78 Å². The molecular formula is C8H22MgO3. The standard InChI is InChI=1S/C6H14O2.C2H6O.Mg.2H/c1-5(2)7-8-6(3)4;1-2-3;;;/h5-6H,1-4H3;3H,2H2,1H3;;;/q;;+2;2*-1. The van der Waals surface area contributed by atoms with Crippen LogP contribution in [0.1, 0.15) is 37.5 Å². The van der Waals surface area contributed by atoms with E-state index in [-0.39, 0.29) is 44.7 Å². The van der Waals surface area contributed by atoms with Crippen molar-refractivity contribution in [2.24, 2.45) is 0 Å². The molecule has 0 saturated heterocycles. The summed E-state index contributed by atoms with van der Waals surface area (Å²) in [4.78, 5) is 9.61. The number of hydrogen-bond acceptors (Lipinski definition) is 3. The van der Waals surface area contributed by atoms with Gasteiger partial charge in [-0.25, -0.2) is 9.78 Å². The Morgan fingerprint density at radius 1 is 1.08 bits per heavy atom. The van der Waals surface area contributed by atoms with Crippen molar-refractivity contribution in [3.05, 3.63) is 0 Å². The molecule has 1 N–H and O–H groups in total. The van der Waals surface area contributed by atoms with Crippen molar-refractivity contribution in [2.75, 3.05) is 6.61 Å². The van der Waals surface area contributed by atoms with E-state index in [1.54, 1.807) is 6.92 Å². The Balaban J connectivity index is -0.0000000405. The molecule has 0 aliphatic heterocycles. The van der Waals surface area contributed by atoms with Crippen LogP contribution in [-0.4, -0.2) is 47.0 Å². The molecule has 0 aliphatic rings. The largest absolute Gasteiger partial charge is 2.00 e. The number of aliphatic hydroxyl groups is 1. The third-order valence-electron chi connectivity index (χ3n) is 0.440. The van der Waals surface area contributed by atoms with Crippen LogP contribution >= 0.6 is 0 Å². The minimum Gasteiger partial charge on any atom is -1.00 e. The van der Waals surface area contributed by atoms with Crippen LogP contribution in [0.5, 0.6) is 0 Å². The normalized spacial score (nSPS) is 9.00. The quantitative estimate of drug-likeness (QED) is 0.417. The molecular weight excluding hydrogens is 168 g/mol. The van der Waals surface area contributed by atoms with Crippen molar-refractivity contribution >= 4 is 23.1 Å². The van der Waals surface area contributed by atoms with Gasteiger partial charge in [0.05, 0.1) is 12.2 Å². The van der Waals surface area contributed by atoms with Crippen LogP contribution in [0.3, 0.4) is 0 Å². The van der Waals surface area contributed by atoms with Gasteiger partial charge in [-0.1, -0.05) is 0 Å². The maximum atomic E-state index is 7.57. The summed E-state index contributed by atoms with van der Waals surface area (Å²) in [7, 11) is 0. The zero-order valence-corrected chi connectivity index (χ0v) is 10.2. The monoisotopic (exact) mass is 190 g/mol. The van der Waals surface area contributed by atoms with Crippen molar-refractivity contribution in [1.29, 1.82) is 0 Å². The molecule has 0 bridgehead atoms. The smallest absolute Gasteiger partial charge is 1.00 e. The van der Waals surface area contributed by atoms with Crippen molar-refractivity contribution in [3.63, 3.8) is 0 Å². The molecule has 0 aromatic heterocycles. The molecule has 0 atom stereocenters. The molecule has 0 heterocycles. The van der Waals surface area contributed by atoms with Crippen LogP contribution in [0.15, 0.2) is 0 Å². The van der Waals surface area contributed by atoms with E-state index in [9.17, 15) is 0 Å². The molecule has 0 amide bonds. The Labute approximate surface area is 94.5 Å². The topological polar surface area (TPSA) is 38.7 Å². The van der Waals surface area contributed by atoms with Crippen molar-refractivity contribution in [2.45, 2.75) is 46.8 Å². The molecule has 0 unspecified atom stereocenters. The molecule has 12 heavy (non-hydrogen) atoms. The molecule has 74 valence electrons.